The van der Waals surface area contributed by atoms with Gasteiger partial charge in [0.05, 0.1) is 5.39 Å². The van der Waals surface area contributed by atoms with Crippen molar-refractivity contribution in [1.29, 1.82) is 0 Å². The Morgan fingerprint density at radius 2 is 1.71 bits per heavy atom. The van der Waals surface area contributed by atoms with Crippen LogP contribution in [0.15, 0.2) is 78.9 Å². The van der Waals surface area contributed by atoms with E-state index in [-0.39, 0.29) is 5.92 Å². The maximum absolute atomic E-state index is 3.59. The first-order chi connectivity index (χ1) is 13.9. The number of allylic oxidation sites excluding steroid dienone is 3. The molecule has 1 atom stereocenters. The van der Waals surface area contributed by atoms with E-state index in [1.807, 2.05) is 0 Å². The highest BCUT2D eigenvalue weighted by Gasteiger charge is 2.16. The van der Waals surface area contributed by atoms with Crippen LogP contribution in [0.2, 0.25) is 0 Å². The summed E-state index contributed by atoms with van der Waals surface area (Å²) >= 11 is 0. The molecule has 0 radical (unpaired) electrons. The van der Waals surface area contributed by atoms with Crippen molar-refractivity contribution in [3.8, 4) is 0 Å². The molecule has 130 valence electrons. The molecular formula is C28H18. The molecule has 0 aromatic heterocycles. The largest absolute Gasteiger partial charge is 0.122 e. The van der Waals surface area contributed by atoms with E-state index in [9.17, 15) is 0 Å². The summed E-state index contributed by atoms with van der Waals surface area (Å²) in [4.78, 5) is 0. The van der Waals surface area contributed by atoms with Crippen LogP contribution in [0.1, 0.15) is 33.7 Å². The fraction of sp³-hybridized carbons (Fsp3) is 0.0357. The van der Waals surface area contributed by atoms with E-state index in [1.54, 1.807) is 0 Å². The van der Waals surface area contributed by atoms with Gasteiger partial charge in [0.1, 0.15) is 5.56 Å². The predicted molar refractivity (Wildman–Crippen MR) is 120 cm³/mol. The van der Waals surface area contributed by atoms with E-state index >= 15 is 0 Å². The molecule has 0 aliphatic heterocycles. The Balaban J connectivity index is 1.44. The van der Waals surface area contributed by atoms with Crippen molar-refractivity contribution in [2.75, 3.05) is 0 Å². The fourth-order valence-corrected chi connectivity index (χ4v) is 4.55. The van der Waals surface area contributed by atoms with Gasteiger partial charge in [-0.15, -0.1) is 23.8 Å². The number of hydrogen-bond donors (Lipinski definition) is 0. The van der Waals surface area contributed by atoms with Crippen LogP contribution in [-0.2, 0) is 0 Å². The van der Waals surface area contributed by atoms with Crippen molar-refractivity contribution in [1.82, 2.24) is 0 Å². The van der Waals surface area contributed by atoms with Crippen molar-refractivity contribution >= 4 is 39.8 Å². The third-order valence-corrected chi connectivity index (χ3v) is 5.82. The van der Waals surface area contributed by atoms with Crippen LogP contribution in [0.3, 0.4) is 0 Å². The minimum Gasteiger partial charge on any atom is -0.122 e. The molecule has 0 spiro atoms. The average molecular weight is 354 g/mol. The van der Waals surface area contributed by atoms with Gasteiger partial charge >= 0.3 is 0 Å². The van der Waals surface area contributed by atoms with Crippen molar-refractivity contribution in [2.24, 2.45) is 0 Å². The smallest absolute Gasteiger partial charge is 0.103 e. The summed E-state index contributed by atoms with van der Waals surface area (Å²) in [5, 5.41) is 5.27. The monoisotopic (exact) mass is 354 g/mol. The van der Waals surface area contributed by atoms with Crippen LogP contribution in [-0.4, -0.2) is 0 Å². The molecule has 0 bridgehead atoms. The molecule has 0 nitrogen and oxygen atoms in total. The van der Waals surface area contributed by atoms with Gasteiger partial charge in [-0.3, -0.25) is 0 Å². The van der Waals surface area contributed by atoms with E-state index in [2.05, 4.69) is 110 Å². The topological polar surface area (TPSA) is 0 Å². The SMILES string of the molecule is [c-]1c(/C=C/C2C=Cc3cccc4cccc2c34)cc2cccc3c2c1C=C[CH+]3. The first-order valence-electron chi connectivity index (χ1n) is 9.75. The summed E-state index contributed by atoms with van der Waals surface area (Å²) in [7, 11) is 0. The molecule has 4 aromatic rings. The highest BCUT2D eigenvalue weighted by molar-refractivity contribution is 5.98. The van der Waals surface area contributed by atoms with Crippen molar-refractivity contribution in [3.05, 3.63) is 119 Å². The van der Waals surface area contributed by atoms with Gasteiger partial charge in [0.25, 0.3) is 0 Å². The molecule has 28 heavy (non-hydrogen) atoms. The van der Waals surface area contributed by atoms with Gasteiger partial charge in [-0.2, -0.15) is 0 Å². The second-order valence-electron chi connectivity index (χ2n) is 7.51. The van der Waals surface area contributed by atoms with E-state index in [0.717, 1.165) is 5.56 Å². The molecule has 2 aliphatic rings. The second-order valence-corrected chi connectivity index (χ2v) is 7.51. The molecule has 6 rings (SSSR count). The third kappa shape index (κ3) is 2.35. The van der Waals surface area contributed by atoms with Crippen LogP contribution in [0.5, 0.6) is 0 Å². The third-order valence-electron chi connectivity index (χ3n) is 5.82. The lowest BCUT2D eigenvalue weighted by molar-refractivity contribution is 1.10. The fourth-order valence-electron chi connectivity index (χ4n) is 4.55. The number of hydrogen-bond acceptors (Lipinski definition) is 0. The summed E-state index contributed by atoms with van der Waals surface area (Å²) in [6.07, 6.45) is 15.5. The van der Waals surface area contributed by atoms with E-state index < -0.39 is 0 Å². The Morgan fingerprint density at radius 1 is 0.857 bits per heavy atom. The Morgan fingerprint density at radius 3 is 2.68 bits per heavy atom. The lowest BCUT2D eigenvalue weighted by atomic mass is 9.85. The molecule has 0 fully saturated rings. The molecule has 2 aliphatic carbocycles. The number of rotatable bonds is 2. The minimum atomic E-state index is 0.286. The van der Waals surface area contributed by atoms with Crippen molar-refractivity contribution in [2.45, 2.75) is 5.92 Å². The van der Waals surface area contributed by atoms with Crippen LogP contribution >= 0.6 is 0 Å². The quantitative estimate of drug-likeness (QED) is 0.334. The predicted octanol–water partition coefficient (Wildman–Crippen LogP) is 7.20. The summed E-state index contributed by atoms with van der Waals surface area (Å²) in [6, 6.07) is 25.5. The molecule has 4 aromatic carbocycles. The van der Waals surface area contributed by atoms with E-state index in [4.69, 9.17) is 0 Å². The van der Waals surface area contributed by atoms with Gasteiger partial charge in [-0.05, 0) is 39.4 Å². The van der Waals surface area contributed by atoms with Crippen LogP contribution in [0, 0.1) is 12.5 Å². The van der Waals surface area contributed by atoms with Crippen molar-refractivity contribution in [3.63, 3.8) is 0 Å². The zero-order chi connectivity index (χ0) is 18.5. The maximum atomic E-state index is 3.59. The van der Waals surface area contributed by atoms with Gasteiger partial charge in [0.2, 0.25) is 0 Å². The van der Waals surface area contributed by atoms with E-state index in [0.29, 0.717) is 0 Å². The van der Waals surface area contributed by atoms with Crippen LogP contribution < -0.4 is 0 Å². The number of benzene rings is 4. The van der Waals surface area contributed by atoms with Gasteiger partial charge in [-0.1, -0.05) is 54.6 Å². The summed E-state index contributed by atoms with van der Waals surface area (Å²) in [5.41, 5.74) is 6.28. The standard InChI is InChI=1S/C28H18/c1-7-22-9-4-12-26-20(15-16-23(8-1)28(22)26)14-13-19-17-24-10-2-5-21-6-3-11-25(18-19)27(21)24/h1-17,20H/b14-13+. The summed E-state index contributed by atoms with van der Waals surface area (Å²) < 4.78 is 0. The van der Waals surface area contributed by atoms with Gasteiger partial charge in [-0.25, -0.2) is 0 Å². The molecule has 0 heterocycles. The zero-order valence-electron chi connectivity index (χ0n) is 15.4. The highest BCUT2D eigenvalue weighted by Crippen LogP contribution is 2.36. The lowest BCUT2D eigenvalue weighted by Crippen LogP contribution is -1.98. The maximum Gasteiger partial charge on any atom is 0.103 e. The highest BCUT2D eigenvalue weighted by atomic mass is 14.2. The normalized spacial score (nSPS) is 16.8. The molecule has 0 heteroatoms. The van der Waals surface area contributed by atoms with Gasteiger partial charge < -0.3 is 0 Å². The Kier molecular flexibility index (Phi) is 3.33. The summed E-state index contributed by atoms with van der Waals surface area (Å²) in [6.45, 7) is 0. The zero-order valence-corrected chi connectivity index (χ0v) is 15.4. The lowest BCUT2D eigenvalue weighted by Gasteiger charge is -2.19. The molecule has 0 amide bonds. The minimum absolute atomic E-state index is 0.286. The van der Waals surface area contributed by atoms with Gasteiger partial charge in [0, 0.05) is 36.1 Å². The van der Waals surface area contributed by atoms with Gasteiger partial charge in [0.15, 0.2) is 0 Å². The molecule has 0 saturated heterocycles. The first-order valence-corrected chi connectivity index (χ1v) is 9.75. The second kappa shape index (κ2) is 6.00. The average Bonchev–Trinajstić information content (AvgIpc) is 2.74. The molecule has 0 saturated carbocycles. The molecular weight excluding hydrogens is 336 g/mol. The molecule has 0 N–H and O–H groups in total. The Hall–Kier alpha value is -3.51. The first kappa shape index (κ1) is 15.5. The Labute approximate surface area is 165 Å². The molecule has 1 unspecified atom stereocenters. The Bertz CT molecular complexity index is 1330. The van der Waals surface area contributed by atoms with E-state index in [1.165, 1.54) is 43.8 Å². The van der Waals surface area contributed by atoms with Crippen LogP contribution in [0.4, 0.5) is 0 Å². The van der Waals surface area contributed by atoms with Crippen LogP contribution in [0.25, 0.3) is 39.8 Å². The van der Waals surface area contributed by atoms with Crippen molar-refractivity contribution < 1.29 is 0 Å². The summed E-state index contributed by atoms with van der Waals surface area (Å²) in [5.74, 6) is 0.286.